The van der Waals surface area contributed by atoms with Gasteiger partial charge in [0, 0.05) is 83.3 Å². The molecule has 4 atom stereocenters. The summed E-state index contributed by atoms with van der Waals surface area (Å²) < 4.78 is 21.8. The van der Waals surface area contributed by atoms with Crippen LogP contribution < -0.4 is 25.6 Å². The van der Waals surface area contributed by atoms with Crippen LogP contribution in [0.25, 0.3) is 22.6 Å². The largest absolute Gasteiger partial charge is 0.494 e. The van der Waals surface area contributed by atoms with Gasteiger partial charge < -0.3 is 35.6 Å². The molecule has 0 aliphatic carbocycles. The number of aromatic nitrogens is 5. The first-order valence-corrected chi connectivity index (χ1v) is 21.4. The van der Waals surface area contributed by atoms with Gasteiger partial charge in [-0.1, -0.05) is 51.1 Å². The van der Waals surface area contributed by atoms with Gasteiger partial charge in [-0.25, -0.2) is 9.37 Å². The molecule has 64 heavy (non-hydrogen) atoms. The Morgan fingerprint density at radius 1 is 0.969 bits per heavy atom. The van der Waals surface area contributed by atoms with Crippen molar-refractivity contribution in [1.82, 2.24) is 45.4 Å². The molecule has 17 nitrogen and oxygen atoms in total. The van der Waals surface area contributed by atoms with Gasteiger partial charge in [0.25, 0.3) is 5.91 Å². The van der Waals surface area contributed by atoms with Crippen LogP contribution in [-0.4, -0.2) is 135 Å². The molecule has 0 spiro atoms. The number of carbonyl (C=O) groups excluding carboxylic acids is 4. The van der Waals surface area contributed by atoms with Crippen molar-refractivity contribution in [2.24, 2.45) is 12.5 Å². The third-order valence-electron chi connectivity index (χ3n) is 11.8. The number of benzene rings is 2. The number of H-pyrrole nitrogens is 1. The van der Waals surface area contributed by atoms with E-state index in [1.54, 1.807) is 66.6 Å². The lowest BCUT2D eigenvalue weighted by molar-refractivity contribution is -0.144. The van der Waals surface area contributed by atoms with E-state index in [0.29, 0.717) is 61.1 Å². The first kappa shape index (κ1) is 45.4. The topological polar surface area (TPSA) is 203 Å². The molecule has 0 saturated carbocycles. The number of hydrogen-bond acceptors (Lipinski definition) is 11. The zero-order chi connectivity index (χ0) is 45.5. The molecule has 7 rings (SSSR count). The zero-order valence-corrected chi connectivity index (χ0v) is 36.8. The Morgan fingerprint density at radius 2 is 1.73 bits per heavy atom. The number of likely N-dealkylation sites (tertiary alicyclic amines) is 1. The monoisotopic (exact) mass is 877 g/mol. The first-order chi connectivity index (χ1) is 30.7. The van der Waals surface area contributed by atoms with Crippen molar-refractivity contribution in [1.29, 1.82) is 0 Å². The summed E-state index contributed by atoms with van der Waals surface area (Å²) in [6.07, 6.45) is 2.48. The van der Waals surface area contributed by atoms with Crippen molar-refractivity contribution < 1.29 is 33.4 Å². The number of rotatable bonds is 15. The number of aromatic amines is 1. The average molecular weight is 878 g/mol. The molecular formula is C46H56FN11O6. The fourth-order valence-electron chi connectivity index (χ4n) is 8.14. The summed E-state index contributed by atoms with van der Waals surface area (Å²) in [4.78, 5) is 64.7. The van der Waals surface area contributed by atoms with Crippen molar-refractivity contribution >= 4 is 35.0 Å². The standard InChI is InChI=1S/C46H56FN11O6/c1-46(2,3)42(45(63)58-28-32(59)26-39(58)44(62)52-37(27-47)29-9-11-30(12-10-29)38-16-19-49-55(38)4)53-41(60)17-20-56-21-23-57(24-22-56)31-13-14-35(40(25-31)64-5)51-43(61)36-8-6-7-33(50-36)34-15-18-48-54-34/h6-16,18-19,25,32,37,39,42,59H,17,20-24,26-28H2,1-5H3,(H,48,54)(H,51,61)(H,52,62)(H,53,60)/t32-,37-,39+,42-/m1/s1. The molecule has 2 aromatic carbocycles. The average Bonchev–Trinajstić information content (AvgIpc) is 4.08. The highest BCUT2D eigenvalue weighted by Gasteiger charge is 2.45. The number of hydrogen-bond donors (Lipinski definition) is 5. The third-order valence-corrected chi connectivity index (χ3v) is 11.8. The van der Waals surface area contributed by atoms with Gasteiger partial charge in [0.2, 0.25) is 17.7 Å². The van der Waals surface area contributed by atoms with Crippen LogP contribution in [0.15, 0.2) is 85.2 Å². The first-order valence-electron chi connectivity index (χ1n) is 21.4. The summed E-state index contributed by atoms with van der Waals surface area (Å²) in [7, 11) is 3.37. The maximum atomic E-state index is 14.4. The van der Waals surface area contributed by atoms with E-state index in [1.807, 2.05) is 58.2 Å². The predicted molar refractivity (Wildman–Crippen MR) is 239 cm³/mol. The number of aryl methyl sites for hydroxylation is 1. The molecule has 2 aliphatic heterocycles. The third kappa shape index (κ3) is 10.6. The normalized spacial score (nSPS) is 17.7. The Kier molecular flexibility index (Phi) is 14.0. The number of halogens is 1. The number of nitrogens with one attached hydrogen (secondary N) is 4. The lowest BCUT2D eigenvalue weighted by Gasteiger charge is -2.37. The number of aliphatic hydroxyl groups excluding tert-OH is 1. The minimum atomic E-state index is -1.05. The molecule has 5 aromatic rings. The van der Waals surface area contributed by atoms with Gasteiger partial charge in [0.15, 0.2) is 0 Å². The Morgan fingerprint density at radius 3 is 2.39 bits per heavy atom. The Balaban J connectivity index is 0.905. The number of pyridine rings is 1. The van der Waals surface area contributed by atoms with Crippen LogP contribution in [0.3, 0.4) is 0 Å². The van der Waals surface area contributed by atoms with E-state index in [9.17, 15) is 28.7 Å². The Hall–Kier alpha value is -6.66. The number of aliphatic hydroxyl groups is 1. The summed E-state index contributed by atoms with van der Waals surface area (Å²) in [6, 6.07) is 18.6. The van der Waals surface area contributed by atoms with E-state index in [1.165, 1.54) is 4.90 Å². The molecule has 338 valence electrons. The van der Waals surface area contributed by atoms with Gasteiger partial charge in [-0.3, -0.25) is 33.9 Å². The van der Waals surface area contributed by atoms with E-state index in [0.717, 1.165) is 16.9 Å². The summed E-state index contributed by atoms with van der Waals surface area (Å²) in [5, 5.41) is 30.3. The van der Waals surface area contributed by atoms with Gasteiger partial charge in [0.05, 0.1) is 42.0 Å². The number of nitrogens with zero attached hydrogens (tertiary/aromatic N) is 7. The van der Waals surface area contributed by atoms with Crippen LogP contribution in [0.1, 0.15) is 55.7 Å². The fourth-order valence-corrected chi connectivity index (χ4v) is 8.14. The number of piperazine rings is 1. The molecule has 4 amide bonds. The van der Waals surface area contributed by atoms with E-state index in [2.05, 4.69) is 46.0 Å². The summed E-state index contributed by atoms with van der Waals surface area (Å²) >= 11 is 0. The molecule has 2 fully saturated rings. The van der Waals surface area contributed by atoms with Crippen molar-refractivity contribution in [2.75, 3.05) is 63.3 Å². The van der Waals surface area contributed by atoms with Crippen LogP contribution in [0.5, 0.6) is 5.75 Å². The molecule has 0 unspecified atom stereocenters. The van der Waals surface area contributed by atoms with Crippen LogP contribution in [0.2, 0.25) is 0 Å². The second-order valence-electron chi connectivity index (χ2n) is 17.2. The number of methoxy groups -OCH3 is 1. The highest BCUT2D eigenvalue weighted by Crippen LogP contribution is 2.32. The van der Waals surface area contributed by atoms with Crippen LogP contribution in [-0.2, 0) is 21.4 Å². The smallest absolute Gasteiger partial charge is 0.274 e. The molecule has 3 aromatic heterocycles. The second kappa shape index (κ2) is 19.8. The maximum Gasteiger partial charge on any atom is 0.274 e. The van der Waals surface area contributed by atoms with Gasteiger partial charge in [0.1, 0.15) is 30.2 Å². The van der Waals surface area contributed by atoms with Gasteiger partial charge in [-0.05, 0) is 52.9 Å². The number of ether oxygens (including phenoxy) is 1. The summed E-state index contributed by atoms with van der Waals surface area (Å²) in [6.45, 7) is 7.74. The van der Waals surface area contributed by atoms with Crippen LogP contribution >= 0.6 is 0 Å². The van der Waals surface area contributed by atoms with E-state index < -0.39 is 48.1 Å². The van der Waals surface area contributed by atoms with E-state index in [-0.39, 0.29) is 36.9 Å². The predicted octanol–water partition coefficient (Wildman–Crippen LogP) is 3.96. The van der Waals surface area contributed by atoms with Crippen molar-refractivity contribution in [3.05, 3.63) is 96.4 Å². The SMILES string of the molecule is COc1cc(N2CCN(CCC(=O)N[C@H](C(=O)N3C[C@H](O)C[C@H]3C(=O)N[C@H](CF)c3ccc(-c4ccnn4C)cc3)C(C)(C)C)CC2)ccc1NC(=O)c1cccc(-c2ccn[nH]2)n1. The van der Waals surface area contributed by atoms with E-state index >= 15 is 0 Å². The van der Waals surface area contributed by atoms with Gasteiger partial charge in [-0.2, -0.15) is 10.2 Å². The number of anilines is 2. The highest BCUT2D eigenvalue weighted by atomic mass is 19.1. The number of alkyl halides is 1. The molecule has 0 radical (unpaired) electrons. The summed E-state index contributed by atoms with van der Waals surface area (Å²) in [5.74, 6) is -1.26. The van der Waals surface area contributed by atoms with Crippen LogP contribution in [0, 0.1) is 5.41 Å². The molecule has 5 N–H and O–H groups in total. The lowest BCUT2D eigenvalue weighted by Crippen LogP contribution is -2.58. The van der Waals surface area contributed by atoms with Gasteiger partial charge >= 0.3 is 0 Å². The van der Waals surface area contributed by atoms with Crippen molar-refractivity contribution in [3.8, 4) is 28.4 Å². The Bertz CT molecular complexity index is 2410. The molecule has 5 heterocycles. The molecule has 0 bridgehead atoms. The van der Waals surface area contributed by atoms with Gasteiger partial charge in [-0.15, -0.1) is 0 Å². The quantitative estimate of drug-likeness (QED) is 0.102. The molecule has 2 saturated heterocycles. The van der Waals surface area contributed by atoms with E-state index in [4.69, 9.17) is 4.74 Å². The minimum absolute atomic E-state index is 0.0131. The highest BCUT2D eigenvalue weighted by molar-refractivity contribution is 6.04. The molecule has 18 heteroatoms. The second-order valence-corrected chi connectivity index (χ2v) is 17.2. The number of β-amino-alcohol motifs (C(OH)–C–C–N with tert-alkyl or cyclic N) is 1. The fraction of sp³-hybridized carbons (Fsp3) is 0.413. The molecular weight excluding hydrogens is 822 g/mol. The number of carbonyl (C=O) groups is 4. The van der Waals surface area contributed by atoms with Crippen molar-refractivity contribution in [3.63, 3.8) is 0 Å². The van der Waals surface area contributed by atoms with Crippen molar-refractivity contribution in [2.45, 2.75) is 57.8 Å². The van der Waals surface area contributed by atoms with Crippen LogP contribution in [0.4, 0.5) is 15.8 Å². The zero-order valence-electron chi connectivity index (χ0n) is 36.8. The number of amides is 4. The Labute approximate surface area is 371 Å². The minimum Gasteiger partial charge on any atom is -0.494 e. The summed E-state index contributed by atoms with van der Waals surface area (Å²) in [5.41, 5.74) is 4.56. The lowest BCUT2D eigenvalue weighted by atomic mass is 9.85. The maximum absolute atomic E-state index is 14.4. The molecule has 2 aliphatic rings.